The van der Waals surface area contributed by atoms with Gasteiger partial charge < -0.3 is 9.80 Å². The molecule has 2 atom stereocenters. The lowest BCUT2D eigenvalue weighted by Gasteiger charge is -2.31. The standard InChI is InChI=1S/C25H32N4O2/c1-27(2)24(31)25-18-28(15-21-11-7-13-26-14-21)16-22(25)17-29(19-25)23(30)12-6-10-20-8-4-3-5-9-20/h3-5,7-9,11,13-14,22H,6,10,12,15-19H2,1-2H3/t22-,25-/m0/s1. The summed E-state index contributed by atoms with van der Waals surface area (Å²) in [6.07, 6.45) is 5.95. The van der Waals surface area contributed by atoms with Gasteiger partial charge >= 0.3 is 0 Å². The highest BCUT2D eigenvalue weighted by atomic mass is 16.2. The normalized spacial score (nSPS) is 23.0. The van der Waals surface area contributed by atoms with Crippen LogP contribution in [0.1, 0.15) is 24.0 Å². The van der Waals surface area contributed by atoms with Crippen molar-refractivity contribution < 1.29 is 9.59 Å². The van der Waals surface area contributed by atoms with Crippen LogP contribution in [-0.2, 0) is 22.6 Å². The van der Waals surface area contributed by atoms with Crippen molar-refractivity contribution in [2.75, 3.05) is 40.3 Å². The van der Waals surface area contributed by atoms with E-state index in [4.69, 9.17) is 0 Å². The Morgan fingerprint density at radius 3 is 2.55 bits per heavy atom. The van der Waals surface area contributed by atoms with E-state index < -0.39 is 5.41 Å². The second-order valence-corrected chi connectivity index (χ2v) is 9.20. The van der Waals surface area contributed by atoms with Gasteiger partial charge in [0.15, 0.2) is 0 Å². The summed E-state index contributed by atoms with van der Waals surface area (Å²) in [6, 6.07) is 14.3. The maximum atomic E-state index is 13.3. The van der Waals surface area contributed by atoms with E-state index in [2.05, 4.69) is 28.1 Å². The van der Waals surface area contributed by atoms with Gasteiger partial charge in [0, 0.05) is 71.6 Å². The van der Waals surface area contributed by atoms with E-state index in [-0.39, 0.29) is 17.7 Å². The predicted molar refractivity (Wildman–Crippen MR) is 120 cm³/mol. The fourth-order valence-electron chi connectivity index (χ4n) is 5.22. The predicted octanol–water partition coefficient (Wildman–Crippen LogP) is 2.45. The van der Waals surface area contributed by atoms with Crippen molar-refractivity contribution in [2.45, 2.75) is 25.8 Å². The van der Waals surface area contributed by atoms with E-state index in [9.17, 15) is 9.59 Å². The highest BCUT2D eigenvalue weighted by Gasteiger charge is 2.58. The fourth-order valence-corrected chi connectivity index (χ4v) is 5.22. The Morgan fingerprint density at radius 2 is 1.84 bits per heavy atom. The first kappa shape index (κ1) is 21.5. The molecule has 0 unspecified atom stereocenters. The number of pyridine rings is 1. The highest BCUT2D eigenvalue weighted by molar-refractivity contribution is 5.86. The average molecular weight is 421 g/mol. The van der Waals surface area contributed by atoms with Crippen molar-refractivity contribution in [1.29, 1.82) is 0 Å². The lowest BCUT2D eigenvalue weighted by molar-refractivity contribution is -0.140. The summed E-state index contributed by atoms with van der Waals surface area (Å²) in [5, 5.41) is 0. The number of rotatable bonds is 7. The quantitative estimate of drug-likeness (QED) is 0.691. The largest absolute Gasteiger partial charge is 0.348 e. The Labute approximate surface area is 184 Å². The molecule has 164 valence electrons. The number of hydrogen-bond donors (Lipinski definition) is 0. The number of hydrogen-bond acceptors (Lipinski definition) is 4. The molecule has 1 aromatic heterocycles. The third-order valence-corrected chi connectivity index (χ3v) is 6.69. The minimum Gasteiger partial charge on any atom is -0.348 e. The first-order chi connectivity index (χ1) is 15.0. The molecular weight excluding hydrogens is 388 g/mol. The summed E-state index contributed by atoms with van der Waals surface area (Å²) < 4.78 is 0. The Kier molecular flexibility index (Phi) is 6.37. The van der Waals surface area contributed by atoms with Crippen LogP contribution >= 0.6 is 0 Å². The molecule has 2 aliphatic heterocycles. The number of carbonyl (C=O) groups is 2. The van der Waals surface area contributed by atoms with Crippen LogP contribution in [0.5, 0.6) is 0 Å². The van der Waals surface area contributed by atoms with Crippen molar-refractivity contribution in [3.63, 3.8) is 0 Å². The SMILES string of the molecule is CN(C)C(=O)[C@]12CN(Cc3cccnc3)C[C@H]1CN(C(=O)CCCc1ccccc1)C2. The van der Waals surface area contributed by atoms with Gasteiger partial charge in [0.05, 0.1) is 5.41 Å². The van der Waals surface area contributed by atoms with Crippen molar-refractivity contribution >= 4 is 11.8 Å². The second-order valence-electron chi connectivity index (χ2n) is 9.20. The maximum absolute atomic E-state index is 13.3. The van der Waals surface area contributed by atoms with Crippen LogP contribution in [0.15, 0.2) is 54.9 Å². The summed E-state index contributed by atoms with van der Waals surface area (Å²) in [6.45, 7) is 3.52. The molecule has 4 rings (SSSR count). The molecule has 6 nitrogen and oxygen atoms in total. The second kappa shape index (κ2) is 9.18. The van der Waals surface area contributed by atoms with E-state index in [0.29, 0.717) is 26.1 Å². The van der Waals surface area contributed by atoms with Gasteiger partial charge in [-0.15, -0.1) is 0 Å². The summed E-state index contributed by atoms with van der Waals surface area (Å²) in [5.74, 6) is 0.498. The van der Waals surface area contributed by atoms with Crippen LogP contribution in [0.4, 0.5) is 0 Å². The first-order valence-electron chi connectivity index (χ1n) is 11.1. The summed E-state index contributed by atoms with van der Waals surface area (Å²) in [4.78, 5) is 36.4. The number of amides is 2. The number of aromatic nitrogens is 1. The van der Waals surface area contributed by atoms with E-state index >= 15 is 0 Å². The third kappa shape index (κ3) is 4.64. The van der Waals surface area contributed by atoms with Gasteiger partial charge in [-0.3, -0.25) is 19.5 Å². The third-order valence-electron chi connectivity index (χ3n) is 6.69. The molecule has 0 saturated carbocycles. The van der Waals surface area contributed by atoms with E-state index in [1.54, 1.807) is 11.1 Å². The molecule has 6 heteroatoms. The van der Waals surface area contributed by atoms with E-state index in [0.717, 1.165) is 31.5 Å². The number of fused-ring (bicyclic) bond motifs is 1. The zero-order chi connectivity index (χ0) is 21.8. The molecule has 1 aromatic carbocycles. The molecule has 2 amide bonds. The topological polar surface area (TPSA) is 56.8 Å². The molecule has 0 spiro atoms. The first-order valence-corrected chi connectivity index (χ1v) is 11.1. The monoisotopic (exact) mass is 420 g/mol. The van der Waals surface area contributed by atoms with Crippen molar-refractivity contribution in [1.82, 2.24) is 19.7 Å². The van der Waals surface area contributed by atoms with Gasteiger partial charge in [0.2, 0.25) is 11.8 Å². The molecule has 2 fully saturated rings. The van der Waals surface area contributed by atoms with E-state index in [1.807, 2.05) is 49.5 Å². The summed E-state index contributed by atoms with van der Waals surface area (Å²) in [7, 11) is 3.64. The van der Waals surface area contributed by atoms with Crippen LogP contribution in [-0.4, -0.2) is 71.8 Å². The zero-order valence-corrected chi connectivity index (χ0v) is 18.5. The minimum atomic E-state index is -0.499. The van der Waals surface area contributed by atoms with Crippen LogP contribution < -0.4 is 0 Å². The average Bonchev–Trinajstić information content (AvgIpc) is 3.29. The molecule has 2 aliphatic rings. The molecule has 2 saturated heterocycles. The number of likely N-dealkylation sites (tertiary alicyclic amines) is 2. The Hall–Kier alpha value is -2.73. The van der Waals surface area contributed by atoms with Crippen molar-refractivity contribution in [3.8, 4) is 0 Å². The Morgan fingerprint density at radius 1 is 1.06 bits per heavy atom. The molecule has 3 heterocycles. The fraction of sp³-hybridized carbons (Fsp3) is 0.480. The van der Waals surface area contributed by atoms with Gasteiger partial charge in [-0.05, 0) is 30.0 Å². The van der Waals surface area contributed by atoms with Crippen molar-refractivity contribution in [3.05, 3.63) is 66.0 Å². The van der Waals surface area contributed by atoms with Gasteiger partial charge in [0.1, 0.15) is 0 Å². The maximum Gasteiger partial charge on any atom is 0.231 e. The number of benzene rings is 1. The number of carbonyl (C=O) groups excluding carboxylic acids is 2. The molecular formula is C25H32N4O2. The summed E-state index contributed by atoms with van der Waals surface area (Å²) in [5.41, 5.74) is 1.92. The van der Waals surface area contributed by atoms with Gasteiger partial charge in [-0.2, -0.15) is 0 Å². The van der Waals surface area contributed by atoms with E-state index in [1.165, 1.54) is 5.56 Å². The van der Waals surface area contributed by atoms with Gasteiger partial charge in [-0.1, -0.05) is 36.4 Å². The van der Waals surface area contributed by atoms with Crippen LogP contribution in [0.25, 0.3) is 0 Å². The molecule has 2 aromatic rings. The number of nitrogens with zero attached hydrogens (tertiary/aromatic N) is 4. The zero-order valence-electron chi connectivity index (χ0n) is 18.5. The Balaban J connectivity index is 1.39. The van der Waals surface area contributed by atoms with Crippen molar-refractivity contribution in [2.24, 2.45) is 11.3 Å². The lowest BCUT2D eigenvalue weighted by atomic mass is 9.80. The molecule has 0 N–H and O–H groups in total. The highest BCUT2D eigenvalue weighted by Crippen LogP contribution is 2.44. The lowest BCUT2D eigenvalue weighted by Crippen LogP contribution is -2.47. The molecule has 0 aliphatic carbocycles. The minimum absolute atomic E-state index is 0.144. The van der Waals surface area contributed by atoms with Gasteiger partial charge in [0.25, 0.3) is 0 Å². The number of aryl methyl sites for hydroxylation is 1. The van der Waals surface area contributed by atoms with Crippen LogP contribution in [0, 0.1) is 11.3 Å². The molecule has 0 bridgehead atoms. The smallest absolute Gasteiger partial charge is 0.231 e. The summed E-state index contributed by atoms with van der Waals surface area (Å²) >= 11 is 0. The van der Waals surface area contributed by atoms with Crippen LogP contribution in [0.2, 0.25) is 0 Å². The van der Waals surface area contributed by atoms with Gasteiger partial charge in [-0.25, -0.2) is 0 Å². The molecule has 31 heavy (non-hydrogen) atoms. The molecule has 0 radical (unpaired) electrons. The Bertz CT molecular complexity index is 902. The van der Waals surface area contributed by atoms with Crippen LogP contribution in [0.3, 0.4) is 0 Å².